The molecule has 7 nitrogen and oxygen atoms in total. The number of ether oxygens (including phenoxy) is 1. The maximum absolute atomic E-state index is 12.0. The third kappa shape index (κ3) is 4.97. The lowest BCUT2D eigenvalue weighted by atomic mass is 9.98. The minimum Gasteiger partial charge on any atom is -0.481 e. The van der Waals surface area contributed by atoms with Gasteiger partial charge < -0.3 is 20.1 Å². The molecule has 0 aromatic heterocycles. The van der Waals surface area contributed by atoms with Crippen molar-refractivity contribution in [1.82, 2.24) is 10.2 Å². The number of rotatable bonds is 6. The van der Waals surface area contributed by atoms with Gasteiger partial charge in [-0.15, -0.1) is 0 Å². The SMILES string of the molecule is CN(CCC(=O)O)C(=O)C#CCNC(=O)OCC1c2ccccc2-c2ccccc21. The van der Waals surface area contributed by atoms with Crippen LogP contribution in [0.3, 0.4) is 0 Å². The molecule has 0 saturated carbocycles. The molecule has 1 aliphatic rings. The Balaban J connectivity index is 1.49. The molecule has 0 aliphatic heterocycles. The van der Waals surface area contributed by atoms with E-state index < -0.39 is 18.0 Å². The molecule has 0 fully saturated rings. The molecule has 2 amide bonds. The number of carboxylic acid groups (broad SMARTS) is 1. The first-order chi connectivity index (χ1) is 14.5. The quantitative estimate of drug-likeness (QED) is 0.719. The van der Waals surface area contributed by atoms with Crippen LogP contribution in [0.2, 0.25) is 0 Å². The number of nitrogens with zero attached hydrogens (tertiary/aromatic N) is 1. The summed E-state index contributed by atoms with van der Waals surface area (Å²) in [5.41, 5.74) is 4.56. The summed E-state index contributed by atoms with van der Waals surface area (Å²) in [6.07, 6.45) is -0.764. The standard InChI is InChI=1S/C23H22N2O5/c1-25(14-12-22(27)28)21(26)11-6-13-24-23(29)30-15-20-18-9-4-2-7-16(18)17-8-3-5-10-19(17)20/h2-5,7-10,20H,12-15H2,1H3,(H,24,29)(H,27,28). The highest BCUT2D eigenvalue weighted by Gasteiger charge is 2.28. The van der Waals surface area contributed by atoms with E-state index in [4.69, 9.17) is 9.84 Å². The molecule has 0 radical (unpaired) electrons. The van der Waals surface area contributed by atoms with Crippen molar-refractivity contribution in [3.8, 4) is 23.0 Å². The number of carbonyl (C=O) groups is 3. The molecule has 2 aromatic carbocycles. The molecule has 30 heavy (non-hydrogen) atoms. The van der Waals surface area contributed by atoms with Gasteiger partial charge in [-0.2, -0.15) is 0 Å². The van der Waals surface area contributed by atoms with Gasteiger partial charge in [0.15, 0.2) is 0 Å². The molecule has 3 rings (SSSR count). The van der Waals surface area contributed by atoms with Crippen LogP contribution in [-0.2, 0) is 14.3 Å². The van der Waals surface area contributed by atoms with E-state index in [9.17, 15) is 14.4 Å². The minimum absolute atomic E-state index is 0.0290. The van der Waals surface area contributed by atoms with Gasteiger partial charge in [-0.1, -0.05) is 54.5 Å². The molecular formula is C23H22N2O5. The summed E-state index contributed by atoms with van der Waals surface area (Å²) in [5.74, 6) is 3.38. The van der Waals surface area contributed by atoms with Crippen LogP contribution in [0.5, 0.6) is 0 Å². The highest BCUT2D eigenvalue weighted by atomic mass is 16.5. The van der Waals surface area contributed by atoms with Crippen molar-refractivity contribution in [1.29, 1.82) is 0 Å². The molecule has 0 saturated heterocycles. The number of nitrogens with one attached hydrogen (secondary N) is 1. The topological polar surface area (TPSA) is 95.9 Å². The third-order valence-corrected chi connectivity index (χ3v) is 4.87. The average Bonchev–Trinajstić information content (AvgIpc) is 3.07. The van der Waals surface area contributed by atoms with Crippen molar-refractivity contribution in [2.45, 2.75) is 12.3 Å². The summed E-state index contributed by atoms with van der Waals surface area (Å²) in [4.78, 5) is 35.5. The van der Waals surface area contributed by atoms with Crippen LogP contribution in [0.25, 0.3) is 11.1 Å². The third-order valence-electron chi connectivity index (χ3n) is 4.87. The molecular weight excluding hydrogens is 384 g/mol. The number of fused-ring (bicyclic) bond motifs is 3. The second-order valence-corrected chi connectivity index (χ2v) is 6.85. The first-order valence-electron chi connectivity index (χ1n) is 9.52. The Morgan fingerprint density at radius 3 is 2.27 bits per heavy atom. The molecule has 0 heterocycles. The Morgan fingerprint density at radius 2 is 1.67 bits per heavy atom. The number of hydrogen-bond acceptors (Lipinski definition) is 4. The number of carbonyl (C=O) groups excluding carboxylic acids is 2. The van der Waals surface area contributed by atoms with E-state index in [0.717, 1.165) is 22.3 Å². The maximum Gasteiger partial charge on any atom is 0.407 e. The van der Waals surface area contributed by atoms with Crippen molar-refractivity contribution in [2.75, 3.05) is 26.7 Å². The van der Waals surface area contributed by atoms with Crippen LogP contribution >= 0.6 is 0 Å². The first kappa shape index (κ1) is 20.9. The molecule has 1 aliphatic carbocycles. The van der Waals surface area contributed by atoms with E-state index >= 15 is 0 Å². The average molecular weight is 406 g/mol. The molecule has 7 heteroatoms. The maximum atomic E-state index is 12.0. The molecule has 154 valence electrons. The summed E-state index contributed by atoms with van der Waals surface area (Å²) < 4.78 is 5.38. The van der Waals surface area contributed by atoms with Gasteiger partial charge in [0.25, 0.3) is 5.91 Å². The Kier molecular flexibility index (Phi) is 6.71. The summed E-state index contributed by atoms with van der Waals surface area (Å²) in [6, 6.07) is 16.1. The fraction of sp³-hybridized carbons (Fsp3) is 0.261. The summed E-state index contributed by atoms with van der Waals surface area (Å²) in [6.45, 7) is 0.224. The van der Waals surface area contributed by atoms with Crippen LogP contribution in [0.15, 0.2) is 48.5 Å². The predicted molar refractivity (Wildman–Crippen MR) is 111 cm³/mol. The largest absolute Gasteiger partial charge is 0.481 e. The van der Waals surface area contributed by atoms with Gasteiger partial charge in [0.1, 0.15) is 6.61 Å². The smallest absolute Gasteiger partial charge is 0.407 e. The fourth-order valence-electron chi connectivity index (χ4n) is 3.35. The van der Waals surface area contributed by atoms with E-state index in [-0.39, 0.29) is 32.0 Å². The highest BCUT2D eigenvalue weighted by molar-refractivity contribution is 5.93. The van der Waals surface area contributed by atoms with Crippen molar-refractivity contribution >= 4 is 18.0 Å². The zero-order chi connectivity index (χ0) is 21.5. The van der Waals surface area contributed by atoms with Gasteiger partial charge in [-0.3, -0.25) is 9.59 Å². The lowest BCUT2D eigenvalue weighted by Gasteiger charge is -2.14. The van der Waals surface area contributed by atoms with E-state index in [1.165, 1.54) is 11.9 Å². The summed E-state index contributed by atoms with van der Waals surface area (Å²) >= 11 is 0. The lowest BCUT2D eigenvalue weighted by Crippen LogP contribution is -2.28. The van der Waals surface area contributed by atoms with Crippen LogP contribution < -0.4 is 5.32 Å². The molecule has 0 atom stereocenters. The minimum atomic E-state index is -0.987. The number of aliphatic carboxylic acids is 1. The zero-order valence-corrected chi connectivity index (χ0v) is 16.6. The molecule has 0 unspecified atom stereocenters. The fourth-order valence-corrected chi connectivity index (χ4v) is 3.35. The molecule has 2 N–H and O–H groups in total. The molecule has 0 bridgehead atoms. The second-order valence-electron chi connectivity index (χ2n) is 6.85. The summed E-state index contributed by atoms with van der Waals surface area (Å²) in [5, 5.41) is 11.1. The molecule has 0 spiro atoms. The first-order valence-corrected chi connectivity index (χ1v) is 9.52. The van der Waals surface area contributed by atoms with E-state index in [1.807, 2.05) is 36.4 Å². The highest BCUT2D eigenvalue weighted by Crippen LogP contribution is 2.44. The second kappa shape index (κ2) is 9.61. The van der Waals surface area contributed by atoms with Crippen LogP contribution in [0, 0.1) is 11.8 Å². The Labute approximate surface area is 174 Å². The predicted octanol–water partition coefficient (Wildman–Crippen LogP) is 2.46. The van der Waals surface area contributed by atoms with Crippen LogP contribution in [0.4, 0.5) is 4.79 Å². The lowest BCUT2D eigenvalue weighted by molar-refractivity contribution is -0.137. The van der Waals surface area contributed by atoms with Gasteiger partial charge in [0, 0.05) is 19.5 Å². The number of hydrogen-bond donors (Lipinski definition) is 2. The van der Waals surface area contributed by atoms with Gasteiger partial charge in [-0.05, 0) is 28.2 Å². The summed E-state index contributed by atoms with van der Waals surface area (Å²) in [7, 11) is 1.47. The van der Waals surface area contributed by atoms with Crippen molar-refractivity contribution in [3.05, 3.63) is 59.7 Å². The molecule has 2 aromatic rings. The van der Waals surface area contributed by atoms with E-state index in [1.54, 1.807) is 0 Å². The van der Waals surface area contributed by atoms with Crippen molar-refractivity contribution < 1.29 is 24.2 Å². The van der Waals surface area contributed by atoms with Crippen molar-refractivity contribution in [3.63, 3.8) is 0 Å². The van der Waals surface area contributed by atoms with Gasteiger partial charge in [0.05, 0.1) is 13.0 Å². The van der Waals surface area contributed by atoms with E-state index in [0.29, 0.717) is 0 Å². The Morgan fingerprint density at radius 1 is 1.07 bits per heavy atom. The Bertz CT molecular complexity index is 976. The number of amides is 2. The Hall–Kier alpha value is -3.79. The van der Waals surface area contributed by atoms with E-state index in [2.05, 4.69) is 29.3 Å². The number of alkyl carbamates (subject to hydrolysis) is 1. The number of benzene rings is 2. The van der Waals surface area contributed by atoms with Crippen LogP contribution in [-0.4, -0.2) is 54.7 Å². The monoisotopic (exact) mass is 406 g/mol. The normalized spacial score (nSPS) is 11.5. The zero-order valence-electron chi connectivity index (χ0n) is 16.6. The van der Waals surface area contributed by atoms with Gasteiger partial charge >= 0.3 is 12.1 Å². The van der Waals surface area contributed by atoms with Crippen molar-refractivity contribution in [2.24, 2.45) is 0 Å². The number of carboxylic acids is 1. The van der Waals surface area contributed by atoms with Gasteiger partial charge in [-0.25, -0.2) is 4.79 Å². The van der Waals surface area contributed by atoms with Crippen LogP contribution in [0.1, 0.15) is 23.5 Å². The van der Waals surface area contributed by atoms with Gasteiger partial charge in [0.2, 0.25) is 0 Å².